The molecule has 1 atom stereocenters. The minimum absolute atomic E-state index is 0.0199. The van der Waals surface area contributed by atoms with Gasteiger partial charge in [0.2, 0.25) is 0 Å². The molecule has 3 nitrogen and oxygen atoms in total. The smallest absolute Gasteiger partial charge is 0.136 e. The van der Waals surface area contributed by atoms with Gasteiger partial charge in [-0.15, -0.1) is 0 Å². The van der Waals surface area contributed by atoms with E-state index in [4.69, 9.17) is 4.42 Å². The van der Waals surface area contributed by atoms with E-state index >= 15 is 0 Å². The predicted octanol–water partition coefficient (Wildman–Crippen LogP) is 21.1. The van der Waals surface area contributed by atoms with Crippen molar-refractivity contribution in [2.45, 2.75) is 54.9 Å². The Balaban J connectivity index is 1.07. The lowest BCUT2D eigenvalue weighted by molar-refractivity contribution is 0.158. The van der Waals surface area contributed by atoms with Crippen molar-refractivity contribution >= 4 is 77.2 Å². The maximum absolute atomic E-state index is 6.56. The molecule has 0 spiro atoms. The van der Waals surface area contributed by atoms with Gasteiger partial charge in [-0.2, -0.15) is 0 Å². The van der Waals surface area contributed by atoms with Crippen LogP contribution in [0.5, 0.6) is 0 Å². The Morgan fingerprint density at radius 2 is 1.01 bits per heavy atom. The zero-order valence-electron chi connectivity index (χ0n) is 44.5. The number of fused-ring (bicyclic) bond motifs is 7. The second-order valence-corrected chi connectivity index (χ2v) is 23.2. The molecule has 3 heteroatoms. The summed E-state index contributed by atoms with van der Waals surface area (Å²) < 4.78 is 8.96. The second kappa shape index (κ2) is 18.0. The van der Waals surface area contributed by atoms with Gasteiger partial charge in [-0.05, 0) is 127 Å². The van der Waals surface area contributed by atoms with E-state index in [2.05, 4.69) is 295 Å². The summed E-state index contributed by atoms with van der Waals surface area (Å²) in [5.41, 5.74) is 19.4. The van der Waals surface area contributed by atoms with E-state index in [9.17, 15) is 0 Å². The molecule has 0 radical (unpaired) electrons. The maximum Gasteiger partial charge on any atom is 0.136 e. The summed E-state index contributed by atoms with van der Waals surface area (Å²) in [5.74, 6) is 0. The molecule has 76 heavy (non-hydrogen) atoms. The third-order valence-corrected chi connectivity index (χ3v) is 16.7. The van der Waals surface area contributed by atoms with Crippen LogP contribution >= 0.6 is 0 Å². The Labute approximate surface area is 446 Å². The van der Waals surface area contributed by atoms with E-state index < -0.39 is 0 Å². The standard InChI is InChI=1S/C73H62N2O/c1-71(2,3)51-44-50(46-73(7,47-51)72(4,5)6)55-34-20-24-48-25-21-36-58(68(48)55)56-30-11-15-38-62(56)75(63-39-16-12-31-57(63)59-37-23-43-67-70(59)61-33-14-18-42-66(61)76-67)53-29-19-26-49(45-53)54-35-22-41-65-69(54)60-32-13-17-40-64(60)74(65)52-27-9-8-10-28-52/h8-46H,47H2,1-7H3. The van der Waals surface area contributed by atoms with Gasteiger partial charge < -0.3 is 13.9 Å². The Morgan fingerprint density at radius 1 is 0.461 bits per heavy atom. The number of allylic oxidation sites excluding steroid dienone is 4. The Bertz CT molecular complexity index is 4290. The van der Waals surface area contributed by atoms with Crippen molar-refractivity contribution in [3.63, 3.8) is 0 Å². The van der Waals surface area contributed by atoms with Crippen LogP contribution in [0.1, 0.15) is 60.5 Å². The van der Waals surface area contributed by atoms with E-state index in [0.29, 0.717) is 0 Å². The Kier molecular flexibility index (Phi) is 11.2. The molecule has 0 N–H and O–H groups in total. The zero-order valence-corrected chi connectivity index (χ0v) is 44.5. The summed E-state index contributed by atoms with van der Waals surface area (Å²) in [6.45, 7) is 16.8. The first-order valence-corrected chi connectivity index (χ1v) is 26.9. The molecule has 13 rings (SSSR count). The minimum atomic E-state index is -0.0514. The van der Waals surface area contributed by atoms with Gasteiger partial charge in [0, 0.05) is 44.0 Å². The fourth-order valence-corrected chi connectivity index (χ4v) is 12.1. The Morgan fingerprint density at radius 3 is 1.74 bits per heavy atom. The zero-order chi connectivity index (χ0) is 51.9. The third-order valence-electron chi connectivity index (χ3n) is 16.7. The molecule has 0 aliphatic heterocycles. The molecule has 2 heterocycles. The first-order chi connectivity index (χ1) is 36.8. The number of anilines is 3. The SMILES string of the molecule is CC(C)(C)C1=CC(c2cccc3cccc(-c4ccccc4N(c4cccc(-c5cccc6c5c5ccccc5n6-c5ccccc5)c4)c4ccccc4-c4cccc5oc6ccccc6c45)c23)=CC(C)(C(C)(C)C)C1. The van der Waals surface area contributed by atoms with Crippen molar-refractivity contribution in [1.29, 1.82) is 0 Å². The summed E-state index contributed by atoms with van der Waals surface area (Å²) in [4.78, 5) is 2.51. The van der Waals surface area contributed by atoms with Gasteiger partial charge in [-0.3, -0.25) is 0 Å². The summed E-state index contributed by atoms with van der Waals surface area (Å²) in [7, 11) is 0. The molecule has 1 aliphatic carbocycles. The van der Waals surface area contributed by atoms with E-state index in [1.54, 1.807) is 0 Å². The van der Waals surface area contributed by atoms with Crippen molar-refractivity contribution in [2.24, 2.45) is 16.2 Å². The molecule has 0 bridgehead atoms. The lowest BCUT2D eigenvalue weighted by atomic mass is 9.59. The van der Waals surface area contributed by atoms with Crippen LogP contribution in [0.2, 0.25) is 0 Å². The quantitative estimate of drug-likeness (QED) is 0.151. The molecular weight excluding hydrogens is 921 g/mol. The molecule has 0 saturated heterocycles. The average Bonchev–Trinajstić information content (AvgIpc) is 4.11. The molecular formula is C73H62N2O. The topological polar surface area (TPSA) is 21.3 Å². The van der Waals surface area contributed by atoms with Crippen LogP contribution in [0, 0.1) is 16.2 Å². The van der Waals surface area contributed by atoms with Crippen molar-refractivity contribution in [2.75, 3.05) is 4.90 Å². The normalized spacial score (nSPS) is 15.2. The number of rotatable bonds is 8. The highest BCUT2D eigenvalue weighted by molar-refractivity contribution is 6.17. The van der Waals surface area contributed by atoms with Crippen LogP contribution in [0.15, 0.2) is 247 Å². The second-order valence-electron chi connectivity index (χ2n) is 23.2. The van der Waals surface area contributed by atoms with E-state index in [1.165, 1.54) is 60.4 Å². The van der Waals surface area contributed by atoms with Crippen molar-refractivity contribution < 1.29 is 4.42 Å². The average molecular weight is 983 g/mol. The highest BCUT2D eigenvalue weighted by atomic mass is 16.3. The molecule has 370 valence electrons. The number of benzene rings is 10. The number of hydrogen-bond donors (Lipinski definition) is 0. The minimum Gasteiger partial charge on any atom is -0.456 e. The molecule has 0 amide bonds. The maximum atomic E-state index is 6.56. The first kappa shape index (κ1) is 47.1. The van der Waals surface area contributed by atoms with Gasteiger partial charge in [0.1, 0.15) is 11.2 Å². The number of aromatic nitrogens is 1. The number of furan rings is 1. The van der Waals surface area contributed by atoms with E-state index in [1.807, 2.05) is 0 Å². The highest BCUT2D eigenvalue weighted by Crippen LogP contribution is 2.54. The summed E-state index contributed by atoms with van der Waals surface area (Å²) in [6, 6.07) is 82.1. The van der Waals surface area contributed by atoms with Crippen LogP contribution in [-0.4, -0.2) is 4.57 Å². The molecule has 2 aromatic heterocycles. The Hall–Kier alpha value is -8.66. The van der Waals surface area contributed by atoms with Gasteiger partial charge in [-0.1, -0.05) is 230 Å². The van der Waals surface area contributed by atoms with Gasteiger partial charge in [-0.25, -0.2) is 0 Å². The van der Waals surface area contributed by atoms with Crippen LogP contribution in [0.3, 0.4) is 0 Å². The number of hydrogen-bond acceptors (Lipinski definition) is 2. The van der Waals surface area contributed by atoms with Crippen LogP contribution in [0.4, 0.5) is 17.1 Å². The third kappa shape index (κ3) is 7.79. The summed E-state index contributed by atoms with van der Waals surface area (Å²) in [6.07, 6.45) is 6.13. The largest absolute Gasteiger partial charge is 0.456 e. The molecule has 12 aromatic rings. The number of nitrogens with zero attached hydrogens (tertiary/aromatic N) is 2. The molecule has 0 saturated carbocycles. The summed E-state index contributed by atoms with van der Waals surface area (Å²) in [5, 5.41) is 7.14. The van der Waals surface area contributed by atoms with E-state index in [-0.39, 0.29) is 16.2 Å². The van der Waals surface area contributed by atoms with Crippen molar-refractivity contribution in [3.8, 4) is 39.1 Å². The van der Waals surface area contributed by atoms with Gasteiger partial charge in [0.05, 0.1) is 22.4 Å². The fourth-order valence-electron chi connectivity index (χ4n) is 12.1. The van der Waals surface area contributed by atoms with Crippen LogP contribution in [0.25, 0.3) is 99.2 Å². The van der Waals surface area contributed by atoms with Crippen LogP contribution in [-0.2, 0) is 0 Å². The van der Waals surface area contributed by atoms with Crippen LogP contribution < -0.4 is 4.90 Å². The van der Waals surface area contributed by atoms with E-state index in [0.717, 1.165) is 73.4 Å². The molecule has 1 aliphatic rings. The van der Waals surface area contributed by atoms with Crippen molar-refractivity contribution in [3.05, 3.63) is 248 Å². The molecule has 0 fully saturated rings. The monoisotopic (exact) mass is 982 g/mol. The molecule has 1 unspecified atom stereocenters. The van der Waals surface area contributed by atoms with Gasteiger partial charge >= 0.3 is 0 Å². The number of para-hydroxylation sites is 5. The first-order valence-electron chi connectivity index (χ1n) is 26.9. The predicted molar refractivity (Wildman–Crippen MR) is 324 cm³/mol. The lowest BCUT2D eigenvalue weighted by Gasteiger charge is -2.45. The fraction of sp³-hybridized carbons (Fsp3) is 0.151. The van der Waals surface area contributed by atoms with Crippen molar-refractivity contribution in [1.82, 2.24) is 4.57 Å². The van der Waals surface area contributed by atoms with Gasteiger partial charge in [0.15, 0.2) is 0 Å². The highest BCUT2D eigenvalue weighted by Gasteiger charge is 2.41. The summed E-state index contributed by atoms with van der Waals surface area (Å²) >= 11 is 0. The van der Waals surface area contributed by atoms with Gasteiger partial charge in [0.25, 0.3) is 0 Å². The lowest BCUT2D eigenvalue weighted by Crippen LogP contribution is -2.35. The molecule has 10 aromatic carbocycles.